The molecule has 0 aromatic carbocycles. The Labute approximate surface area is 519 Å². The van der Waals surface area contributed by atoms with Crippen molar-refractivity contribution in [1.82, 2.24) is 0 Å². The standard InChI is InChI=1S/C75H118NO8P/c1-3-5-7-9-11-13-15-17-19-21-23-25-27-29-31-32-33-34-35-36-37-38-39-40-42-44-46-48-50-52-54-56-58-60-62-64-66-68-75(78)84-73(72-83-85(79,80)82-70-69-76)71-81-74(77)67-65-63-61-59-57-55-53-51-49-47-45-43-41-30-28-26-24-22-20-18-16-14-12-10-8-6-4-2/h5-8,11-14,17-20,23-26,29-31,33-34,36-37,39-41,44-47,51,53,73H,3-4,9-10,15-16,21-22,27-28,32,35,38,42-43,48-50,52,54-72,76H2,1-2H3,(H,79,80)/b7-5-,8-6-,13-11-,14-12-,19-17-,20-18-,25-23-,26-24-,31-29-,34-33-,37-36-,40-39-,41-30-,46-44-,47-45-,53-51-. The molecule has 0 spiro atoms. The van der Waals surface area contributed by atoms with Gasteiger partial charge in [0.15, 0.2) is 6.10 Å². The third kappa shape index (κ3) is 67.8. The van der Waals surface area contributed by atoms with Crippen molar-refractivity contribution in [2.45, 2.75) is 238 Å². The van der Waals surface area contributed by atoms with Crippen LogP contribution in [-0.2, 0) is 32.7 Å². The summed E-state index contributed by atoms with van der Waals surface area (Å²) in [5.41, 5.74) is 5.39. The van der Waals surface area contributed by atoms with Gasteiger partial charge in [0.1, 0.15) is 6.61 Å². The minimum absolute atomic E-state index is 0.0386. The summed E-state index contributed by atoms with van der Waals surface area (Å²) in [6.45, 7) is 3.46. The van der Waals surface area contributed by atoms with E-state index in [9.17, 15) is 19.0 Å². The Morgan fingerprint density at radius 2 is 0.612 bits per heavy atom. The summed E-state index contributed by atoms with van der Waals surface area (Å²) in [6, 6.07) is 0. The number of phosphoric ester groups is 1. The van der Waals surface area contributed by atoms with Crippen LogP contribution in [0.2, 0.25) is 0 Å². The average molecular weight is 1190 g/mol. The Kier molecular flexibility index (Phi) is 63.9. The van der Waals surface area contributed by atoms with Crippen molar-refractivity contribution in [3.05, 3.63) is 194 Å². The second-order valence-electron chi connectivity index (χ2n) is 20.9. The molecule has 9 nitrogen and oxygen atoms in total. The van der Waals surface area contributed by atoms with Crippen LogP contribution >= 0.6 is 7.82 Å². The molecule has 3 N–H and O–H groups in total. The third-order valence-corrected chi connectivity index (χ3v) is 14.0. The number of carbonyl (C=O) groups excluding carboxylic acids is 2. The Bertz CT molecular complexity index is 2090. The summed E-state index contributed by atoms with van der Waals surface area (Å²) < 4.78 is 33.1. The van der Waals surface area contributed by atoms with Gasteiger partial charge in [0.2, 0.25) is 0 Å². The van der Waals surface area contributed by atoms with Gasteiger partial charge in [-0.1, -0.05) is 272 Å². The molecule has 476 valence electrons. The maximum Gasteiger partial charge on any atom is 0.472 e. The van der Waals surface area contributed by atoms with Gasteiger partial charge in [0, 0.05) is 19.4 Å². The normalized spacial score (nSPS) is 14.3. The van der Waals surface area contributed by atoms with E-state index in [0.717, 1.165) is 161 Å². The fourth-order valence-corrected chi connectivity index (χ4v) is 8.96. The molecule has 0 fully saturated rings. The molecule has 2 atom stereocenters. The smallest absolute Gasteiger partial charge is 0.462 e. The summed E-state index contributed by atoms with van der Waals surface area (Å²) in [6.07, 6.45) is 103. The average Bonchev–Trinajstić information content (AvgIpc) is 3.52. The molecule has 0 radical (unpaired) electrons. The summed E-state index contributed by atoms with van der Waals surface area (Å²) in [5.74, 6) is -0.872. The van der Waals surface area contributed by atoms with E-state index in [2.05, 4.69) is 208 Å². The van der Waals surface area contributed by atoms with Crippen molar-refractivity contribution in [3.8, 4) is 0 Å². The second kappa shape index (κ2) is 68.0. The first-order chi connectivity index (χ1) is 41.8. The Morgan fingerprint density at radius 3 is 0.906 bits per heavy atom. The fourth-order valence-electron chi connectivity index (χ4n) is 8.20. The van der Waals surface area contributed by atoms with E-state index in [4.69, 9.17) is 24.3 Å². The highest BCUT2D eigenvalue weighted by Crippen LogP contribution is 2.43. The lowest BCUT2D eigenvalue weighted by Gasteiger charge is -2.19. The van der Waals surface area contributed by atoms with E-state index in [1.807, 2.05) is 0 Å². The molecule has 0 aliphatic rings. The zero-order chi connectivity index (χ0) is 61.6. The number of phosphoric acid groups is 1. The molecule has 0 aromatic heterocycles. The Balaban J connectivity index is 4.05. The van der Waals surface area contributed by atoms with Gasteiger partial charge >= 0.3 is 19.8 Å². The first-order valence-electron chi connectivity index (χ1n) is 32.9. The van der Waals surface area contributed by atoms with Crippen LogP contribution in [0, 0.1) is 0 Å². The first-order valence-corrected chi connectivity index (χ1v) is 34.4. The highest BCUT2D eigenvalue weighted by Gasteiger charge is 2.26. The van der Waals surface area contributed by atoms with E-state index in [0.29, 0.717) is 12.8 Å². The third-order valence-electron chi connectivity index (χ3n) is 13.0. The molecule has 85 heavy (non-hydrogen) atoms. The monoisotopic (exact) mass is 1190 g/mol. The summed E-state index contributed by atoms with van der Waals surface area (Å²) in [7, 11) is -4.41. The van der Waals surface area contributed by atoms with E-state index >= 15 is 0 Å². The molecule has 0 aliphatic carbocycles. The van der Waals surface area contributed by atoms with Crippen molar-refractivity contribution in [1.29, 1.82) is 0 Å². The van der Waals surface area contributed by atoms with Gasteiger partial charge in [-0.25, -0.2) is 4.57 Å². The topological polar surface area (TPSA) is 134 Å². The summed E-state index contributed by atoms with van der Waals surface area (Å²) in [5, 5.41) is 0. The van der Waals surface area contributed by atoms with E-state index in [-0.39, 0.29) is 32.6 Å². The number of allylic oxidation sites excluding steroid dienone is 32. The Morgan fingerprint density at radius 1 is 0.353 bits per heavy atom. The van der Waals surface area contributed by atoms with Crippen molar-refractivity contribution in [3.63, 3.8) is 0 Å². The predicted octanol–water partition coefficient (Wildman–Crippen LogP) is 21.7. The van der Waals surface area contributed by atoms with Crippen LogP contribution in [0.1, 0.15) is 232 Å². The number of carbonyl (C=O) groups is 2. The summed E-state index contributed by atoms with van der Waals surface area (Å²) >= 11 is 0. The molecule has 0 bridgehead atoms. The Hall–Kier alpha value is -5.15. The summed E-state index contributed by atoms with van der Waals surface area (Å²) in [4.78, 5) is 35.3. The zero-order valence-corrected chi connectivity index (χ0v) is 54.1. The number of rotatable bonds is 59. The number of nitrogens with two attached hydrogens (primary N) is 1. The number of unbranched alkanes of at least 4 members (excludes halogenated alkanes) is 14. The van der Waals surface area contributed by atoms with Gasteiger partial charge in [-0.05, 0) is 141 Å². The molecule has 0 aliphatic heterocycles. The van der Waals surface area contributed by atoms with Crippen molar-refractivity contribution in [2.24, 2.45) is 5.73 Å². The van der Waals surface area contributed by atoms with Crippen LogP contribution in [0.5, 0.6) is 0 Å². The van der Waals surface area contributed by atoms with Gasteiger partial charge < -0.3 is 20.1 Å². The lowest BCUT2D eigenvalue weighted by atomic mass is 10.1. The molecule has 0 saturated carbocycles. The number of esters is 2. The van der Waals surface area contributed by atoms with Crippen LogP contribution in [0.3, 0.4) is 0 Å². The van der Waals surface area contributed by atoms with Crippen LogP contribution in [0.15, 0.2) is 194 Å². The molecule has 0 amide bonds. The van der Waals surface area contributed by atoms with Crippen LogP contribution in [0.25, 0.3) is 0 Å². The molecule has 10 heteroatoms. The molecule has 0 saturated heterocycles. The molecule has 0 heterocycles. The zero-order valence-electron chi connectivity index (χ0n) is 53.3. The van der Waals surface area contributed by atoms with Crippen molar-refractivity contribution >= 4 is 19.8 Å². The van der Waals surface area contributed by atoms with Gasteiger partial charge in [0.25, 0.3) is 0 Å². The largest absolute Gasteiger partial charge is 0.472 e. The molecular formula is C75H118NO8P. The van der Waals surface area contributed by atoms with Gasteiger partial charge in [-0.3, -0.25) is 18.6 Å². The quantitative estimate of drug-likeness (QED) is 0.0264. The maximum atomic E-state index is 12.8. The highest BCUT2D eigenvalue weighted by molar-refractivity contribution is 7.47. The molecule has 0 aromatic rings. The highest BCUT2D eigenvalue weighted by atomic mass is 31.2. The van der Waals surface area contributed by atoms with Crippen molar-refractivity contribution < 1.29 is 37.6 Å². The van der Waals surface area contributed by atoms with Gasteiger partial charge in [-0.15, -0.1) is 0 Å². The van der Waals surface area contributed by atoms with Gasteiger partial charge in [0.05, 0.1) is 13.2 Å². The van der Waals surface area contributed by atoms with Crippen molar-refractivity contribution in [2.75, 3.05) is 26.4 Å². The lowest BCUT2D eigenvalue weighted by Crippen LogP contribution is -2.29. The molecular weight excluding hydrogens is 1070 g/mol. The minimum atomic E-state index is -4.41. The molecule has 2 unspecified atom stereocenters. The lowest BCUT2D eigenvalue weighted by molar-refractivity contribution is -0.161. The SMILES string of the molecule is CC/C=C\C/C=C\C/C=C\C/C=C\C/C=C\C/C=C\C/C=C\C/C=C\C/C=C\CCCCCCCCCCCC(=O)OC(COC(=O)CCCCCCC/C=C\C/C=C\C/C=C\C/C=C\C/C=C\C/C=C\C/C=C\CC)COP(=O)(O)OCCN. The van der Waals surface area contributed by atoms with Crippen LogP contribution in [-0.4, -0.2) is 49.3 Å². The van der Waals surface area contributed by atoms with E-state index in [1.165, 1.54) is 32.1 Å². The second-order valence-corrected chi connectivity index (χ2v) is 22.3. The van der Waals surface area contributed by atoms with E-state index in [1.54, 1.807) is 0 Å². The first kappa shape index (κ1) is 79.8. The van der Waals surface area contributed by atoms with E-state index < -0.39 is 32.5 Å². The number of ether oxygens (including phenoxy) is 2. The van der Waals surface area contributed by atoms with Crippen LogP contribution in [0.4, 0.5) is 0 Å². The number of hydrogen-bond donors (Lipinski definition) is 2. The predicted molar refractivity (Wildman–Crippen MR) is 366 cm³/mol. The minimum Gasteiger partial charge on any atom is -0.462 e. The van der Waals surface area contributed by atoms with Gasteiger partial charge in [-0.2, -0.15) is 0 Å². The fraction of sp³-hybridized carbons (Fsp3) is 0.547. The maximum absolute atomic E-state index is 12.8. The molecule has 0 rings (SSSR count). The number of hydrogen-bond acceptors (Lipinski definition) is 8. The van der Waals surface area contributed by atoms with Crippen LogP contribution < -0.4 is 5.73 Å².